The number of hydrogen-bond acceptors (Lipinski definition) is 4. The first-order chi connectivity index (χ1) is 10.3. The maximum Gasteiger partial charge on any atom is 0.364 e. The summed E-state index contributed by atoms with van der Waals surface area (Å²) >= 11 is 0. The van der Waals surface area contributed by atoms with Crippen LogP contribution in [0.2, 0.25) is 0 Å². The molecule has 0 aromatic heterocycles. The number of carbonyl (C=O) groups is 2. The SMILES string of the molecule is C[NH2+][C@@H](CC[C@@]1(C)C(=O)N(C)c2ccc(O)cc21)C(=O)OC. The lowest BCUT2D eigenvalue weighted by Crippen LogP contribution is -2.88. The van der Waals surface area contributed by atoms with Gasteiger partial charge in [-0.3, -0.25) is 4.79 Å². The fraction of sp³-hybridized carbons (Fsp3) is 0.500. The van der Waals surface area contributed by atoms with Crippen LogP contribution in [-0.2, 0) is 19.7 Å². The van der Waals surface area contributed by atoms with Gasteiger partial charge in [0, 0.05) is 19.2 Å². The Labute approximate surface area is 130 Å². The maximum atomic E-state index is 12.7. The van der Waals surface area contributed by atoms with Gasteiger partial charge in [-0.15, -0.1) is 0 Å². The quantitative estimate of drug-likeness (QED) is 0.758. The second kappa shape index (κ2) is 5.96. The molecule has 1 aliphatic heterocycles. The van der Waals surface area contributed by atoms with Crippen LogP contribution >= 0.6 is 0 Å². The van der Waals surface area contributed by atoms with Crippen molar-refractivity contribution in [1.82, 2.24) is 0 Å². The third-order valence-electron chi connectivity index (χ3n) is 4.57. The smallest absolute Gasteiger partial charge is 0.364 e. The van der Waals surface area contributed by atoms with Crippen LogP contribution in [0.3, 0.4) is 0 Å². The Morgan fingerprint density at radius 2 is 2.18 bits per heavy atom. The number of hydrogen-bond donors (Lipinski definition) is 2. The van der Waals surface area contributed by atoms with E-state index in [1.807, 2.05) is 14.0 Å². The number of amides is 1. The number of likely N-dealkylation sites (N-methyl/N-ethyl adjacent to an activating group) is 2. The van der Waals surface area contributed by atoms with Crippen molar-refractivity contribution in [2.75, 3.05) is 26.1 Å². The van der Waals surface area contributed by atoms with Gasteiger partial charge >= 0.3 is 5.97 Å². The molecule has 6 nitrogen and oxygen atoms in total. The third kappa shape index (κ3) is 2.54. The molecule has 1 amide bonds. The highest BCUT2D eigenvalue weighted by molar-refractivity contribution is 6.07. The monoisotopic (exact) mass is 307 g/mol. The van der Waals surface area contributed by atoms with E-state index in [0.29, 0.717) is 12.8 Å². The topological polar surface area (TPSA) is 83.5 Å². The highest BCUT2D eigenvalue weighted by Gasteiger charge is 2.46. The van der Waals surface area contributed by atoms with Crippen molar-refractivity contribution in [2.24, 2.45) is 0 Å². The Balaban J connectivity index is 2.28. The molecular weight excluding hydrogens is 284 g/mol. The first-order valence-corrected chi connectivity index (χ1v) is 7.34. The zero-order valence-electron chi connectivity index (χ0n) is 13.4. The molecule has 0 saturated heterocycles. The van der Waals surface area contributed by atoms with Gasteiger partial charge in [-0.2, -0.15) is 0 Å². The number of aromatic hydroxyl groups is 1. The van der Waals surface area contributed by atoms with Crippen LogP contribution in [0.5, 0.6) is 5.75 Å². The second-order valence-electron chi connectivity index (χ2n) is 5.90. The lowest BCUT2D eigenvalue weighted by molar-refractivity contribution is -0.652. The summed E-state index contributed by atoms with van der Waals surface area (Å²) in [6, 6.07) is 4.63. The number of fused-ring (bicyclic) bond motifs is 1. The number of esters is 1. The minimum atomic E-state index is -0.738. The molecule has 22 heavy (non-hydrogen) atoms. The number of carbonyl (C=O) groups excluding carboxylic acids is 2. The molecule has 1 aromatic rings. The first-order valence-electron chi connectivity index (χ1n) is 7.34. The fourth-order valence-electron chi connectivity index (χ4n) is 3.11. The Morgan fingerprint density at radius 1 is 1.50 bits per heavy atom. The van der Waals surface area contributed by atoms with Crippen molar-refractivity contribution in [3.63, 3.8) is 0 Å². The number of phenols is 1. The molecule has 120 valence electrons. The van der Waals surface area contributed by atoms with Crippen LogP contribution in [0.1, 0.15) is 25.3 Å². The molecular formula is C16H23N2O4+. The number of phenolic OH excluding ortho intramolecular Hbond substituents is 1. The van der Waals surface area contributed by atoms with Crippen LogP contribution in [0.15, 0.2) is 18.2 Å². The number of quaternary nitrogens is 1. The van der Waals surface area contributed by atoms with Crippen LogP contribution < -0.4 is 10.2 Å². The van der Waals surface area contributed by atoms with E-state index in [2.05, 4.69) is 0 Å². The second-order valence-corrected chi connectivity index (χ2v) is 5.90. The van der Waals surface area contributed by atoms with E-state index in [0.717, 1.165) is 11.3 Å². The summed E-state index contributed by atoms with van der Waals surface area (Å²) in [6.07, 6.45) is 1.03. The molecule has 1 aromatic carbocycles. The van der Waals surface area contributed by atoms with Gasteiger partial charge in [0.1, 0.15) is 5.75 Å². The van der Waals surface area contributed by atoms with Gasteiger partial charge in [0.25, 0.3) is 0 Å². The third-order valence-corrected chi connectivity index (χ3v) is 4.57. The molecule has 1 heterocycles. The van der Waals surface area contributed by atoms with E-state index in [1.165, 1.54) is 7.11 Å². The number of benzene rings is 1. The Bertz CT molecular complexity index is 602. The zero-order chi connectivity index (χ0) is 16.5. The molecule has 1 aliphatic rings. The summed E-state index contributed by atoms with van der Waals surface area (Å²) in [6.45, 7) is 1.86. The summed E-state index contributed by atoms with van der Waals surface area (Å²) < 4.78 is 4.78. The Kier molecular flexibility index (Phi) is 4.42. The van der Waals surface area contributed by atoms with E-state index in [4.69, 9.17) is 4.74 Å². The molecule has 0 bridgehead atoms. The number of anilines is 1. The van der Waals surface area contributed by atoms with Gasteiger partial charge < -0.3 is 20.1 Å². The normalized spacial score (nSPS) is 21.6. The van der Waals surface area contributed by atoms with Crippen molar-refractivity contribution in [1.29, 1.82) is 0 Å². The average Bonchev–Trinajstić information content (AvgIpc) is 2.69. The van der Waals surface area contributed by atoms with Gasteiger partial charge in [-0.05, 0) is 37.1 Å². The summed E-state index contributed by atoms with van der Waals surface area (Å²) in [4.78, 5) is 26.0. The molecule has 0 unspecified atom stereocenters. The van der Waals surface area contributed by atoms with E-state index in [-0.39, 0.29) is 23.7 Å². The number of rotatable bonds is 5. The van der Waals surface area contributed by atoms with Crippen molar-refractivity contribution >= 4 is 17.6 Å². The highest BCUT2D eigenvalue weighted by Crippen LogP contribution is 2.45. The minimum Gasteiger partial charge on any atom is -0.508 e. The van der Waals surface area contributed by atoms with Crippen LogP contribution in [0, 0.1) is 0 Å². The number of methoxy groups -OCH3 is 1. The number of nitrogens with zero attached hydrogens (tertiary/aromatic N) is 1. The molecule has 6 heteroatoms. The molecule has 3 N–H and O–H groups in total. The summed E-state index contributed by atoms with van der Waals surface area (Å²) in [5.74, 6) is -0.173. The minimum absolute atomic E-state index is 0.0205. The fourth-order valence-corrected chi connectivity index (χ4v) is 3.11. The molecule has 0 aliphatic carbocycles. The van der Waals surface area contributed by atoms with Crippen LogP contribution in [0.4, 0.5) is 5.69 Å². The number of nitrogens with two attached hydrogens (primary N) is 1. The largest absolute Gasteiger partial charge is 0.508 e. The van der Waals surface area contributed by atoms with Crippen molar-refractivity contribution in [3.8, 4) is 5.75 Å². The van der Waals surface area contributed by atoms with E-state index in [9.17, 15) is 14.7 Å². The lowest BCUT2D eigenvalue weighted by atomic mass is 9.78. The van der Waals surface area contributed by atoms with Crippen LogP contribution in [-0.4, -0.2) is 44.2 Å². The first kappa shape index (κ1) is 16.3. The number of ether oxygens (including phenoxy) is 1. The van der Waals surface area contributed by atoms with Gasteiger partial charge in [-0.1, -0.05) is 0 Å². The van der Waals surface area contributed by atoms with Crippen molar-refractivity contribution in [3.05, 3.63) is 23.8 Å². The molecule has 0 spiro atoms. The predicted octanol–water partition coefficient (Wildman–Crippen LogP) is 0.141. The van der Waals surface area contributed by atoms with Gasteiger partial charge in [-0.25, -0.2) is 4.79 Å². The van der Waals surface area contributed by atoms with E-state index in [1.54, 1.807) is 35.5 Å². The summed E-state index contributed by atoms with van der Waals surface area (Å²) in [5.41, 5.74) is 0.873. The molecule has 2 rings (SSSR count). The van der Waals surface area contributed by atoms with Gasteiger partial charge in [0.05, 0.1) is 19.6 Å². The summed E-state index contributed by atoms with van der Waals surface area (Å²) in [7, 11) is 4.90. The van der Waals surface area contributed by atoms with E-state index < -0.39 is 5.41 Å². The van der Waals surface area contributed by atoms with E-state index >= 15 is 0 Å². The lowest BCUT2D eigenvalue weighted by Gasteiger charge is -2.24. The molecule has 2 atom stereocenters. The standard InChI is InChI=1S/C16H22N2O4/c1-16(8-7-12(17-2)14(20)22-4)11-9-10(19)5-6-13(11)18(3)15(16)21/h5-6,9,12,17,19H,7-8H2,1-4H3/p+1/t12-,16+/m0/s1. The predicted molar refractivity (Wildman–Crippen MR) is 81.8 cm³/mol. The Hall–Kier alpha value is -2.08. The Morgan fingerprint density at radius 3 is 2.77 bits per heavy atom. The van der Waals surface area contributed by atoms with Crippen molar-refractivity contribution in [2.45, 2.75) is 31.2 Å². The average molecular weight is 307 g/mol. The molecule has 0 saturated carbocycles. The zero-order valence-corrected chi connectivity index (χ0v) is 13.4. The van der Waals surface area contributed by atoms with Crippen LogP contribution in [0.25, 0.3) is 0 Å². The van der Waals surface area contributed by atoms with Gasteiger partial charge in [0.2, 0.25) is 5.91 Å². The van der Waals surface area contributed by atoms with Gasteiger partial charge in [0.15, 0.2) is 6.04 Å². The molecule has 0 fully saturated rings. The maximum absolute atomic E-state index is 12.7. The molecule has 0 radical (unpaired) electrons. The summed E-state index contributed by atoms with van der Waals surface area (Å²) in [5, 5.41) is 11.5. The van der Waals surface area contributed by atoms with Crippen molar-refractivity contribution < 1.29 is 24.7 Å². The highest BCUT2D eigenvalue weighted by atomic mass is 16.5.